The first-order chi connectivity index (χ1) is 5.14. The van der Waals surface area contributed by atoms with E-state index in [1.807, 2.05) is 7.05 Å². The van der Waals surface area contributed by atoms with Crippen LogP contribution in [0.25, 0.3) is 0 Å². The first-order valence-electron chi connectivity index (χ1n) is 4.42. The Bertz CT molecular complexity index is 121. The Morgan fingerprint density at radius 3 is 2.82 bits per heavy atom. The molecule has 66 valence electrons. The van der Waals surface area contributed by atoms with Crippen LogP contribution in [-0.4, -0.2) is 25.8 Å². The summed E-state index contributed by atoms with van der Waals surface area (Å²) >= 11 is 0. The second-order valence-corrected chi connectivity index (χ2v) is 4.02. The Morgan fingerprint density at radius 2 is 2.27 bits per heavy atom. The quantitative estimate of drug-likeness (QED) is 0.654. The Labute approximate surface area is 69.3 Å². The molecule has 2 nitrogen and oxygen atoms in total. The lowest BCUT2D eigenvalue weighted by atomic mass is 9.88. The van der Waals surface area contributed by atoms with Gasteiger partial charge in [-0.15, -0.1) is 0 Å². The zero-order valence-corrected chi connectivity index (χ0v) is 7.81. The topological polar surface area (TPSA) is 21.3 Å². The van der Waals surface area contributed by atoms with E-state index < -0.39 is 0 Å². The highest BCUT2D eigenvalue weighted by Gasteiger charge is 2.27. The van der Waals surface area contributed by atoms with Crippen molar-refractivity contribution in [3.63, 3.8) is 0 Å². The minimum atomic E-state index is 0.111. The Hall–Kier alpha value is -0.0800. The van der Waals surface area contributed by atoms with Crippen LogP contribution in [0.4, 0.5) is 0 Å². The summed E-state index contributed by atoms with van der Waals surface area (Å²) in [5.41, 5.74) is 0.111. The van der Waals surface area contributed by atoms with Crippen molar-refractivity contribution in [2.24, 2.45) is 5.92 Å². The van der Waals surface area contributed by atoms with E-state index in [2.05, 4.69) is 19.2 Å². The highest BCUT2D eigenvalue weighted by molar-refractivity contribution is 4.79. The van der Waals surface area contributed by atoms with Crippen LogP contribution >= 0.6 is 0 Å². The SMILES string of the molecule is CNC[C@H]1CCOC(C)(C)C1. The average molecular weight is 157 g/mol. The van der Waals surface area contributed by atoms with Gasteiger partial charge in [0.1, 0.15) is 0 Å². The zero-order valence-electron chi connectivity index (χ0n) is 7.81. The summed E-state index contributed by atoms with van der Waals surface area (Å²) in [6.45, 7) is 6.41. The van der Waals surface area contributed by atoms with E-state index in [9.17, 15) is 0 Å². The Morgan fingerprint density at radius 1 is 1.55 bits per heavy atom. The second-order valence-electron chi connectivity index (χ2n) is 4.02. The third-order valence-electron chi connectivity index (χ3n) is 2.29. The lowest BCUT2D eigenvalue weighted by Gasteiger charge is -2.35. The summed E-state index contributed by atoms with van der Waals surface area (Å²) in [7, 11) is 2.02. The van der Waals surface area contributed by atoms with Crippen LogP contribution < -0.4 is 5.32 Å². The van der Waals surface area contributed by atoms with E-state index in [1.54, 1.807) is 0 Å². The zero-order chi connectivity index (χ0) is 8.32. The van der Waals surface area contributed by atoms with Gasteiger partial charge in [0.25, 0.3) is 0 Å². The molecule has 11 heavy (non-hydrogen) atoms. The molecule has 0 aromatic heterocycles. The van der Waals surface area contributed by atoms with Crippen molar-refractivity contribution in [1.82, 2.24) is 5.32 Å². The molecule has 1 fully saturated rings. The van der Waals surface area contributed by atoms with Crippen LogP contribution in [0.3, 0.4) is 0 Å². The maximum Gasteiger partial charge on any atom is 0.0629 e. The summed E-state index contributed by atoms with van der Waals surface area (Å²) in [5.74, 6) is 0.809. The molecule has 0 spiro atoms. The molecule has 1 aliphatic heterocycles. The molecule has 1 atom stereocenters. The molecule has 0 saturated carbocycles. The average Bonchev–Trinajstić information content (AvgIpc) is 1.85. The van der Waals surface area contributed by atoms with Gasteiger partial charge in [0.2, 0.25) is 0 Å². The molecule has 1 saturated heterocycles. The molecule has 0 radical (unpaired) electrons. The molecule has 0 aliphatic carbocycles. The van der Waals surface area contributed by atoms with E-state index in [0.717, 1.165) is 19.1 Å². The van der Waals surface area contributed by atoms with Gasteiger partial charge in [-0.2, -0.15) is 0 Å². The molecule has 2 heteroatoms. The molecule has 0 aromatic carbocycles. The molecule has 1 aliphatic rings. The summed E-state index contributed by atoms with van der Waals surface area (Å²) in [6.07, 6.45) is 2.40. The number of nitrogens with one attached hydrogen (secondary N) is 1. The molecular formula is C9H19NO. The normalized spacial score (nSPS) is 30.3. The summed E-state index contributed by atoms with van der Waals surface area (Å²) in [6, 6.07) is 0. The van der Waals surface area contributed by atoms with Crippen LogP contribution in [0.5, 0.6) is 0 Å². The lowest BCUT2D eigenvalue weighted by molar-refractivity contribution is -0.0715. The predicted molar refractivity (Wildman–Crippen MR) is 46.7 cm³/mol. The molecule has 0 aromatic rings. The summed E-state index contributed by atoms with van der Waals surface area (Å²) < 4.78 is 5.61. The van der Waals surface area contributed by atoms with Crippen LogP contribution in [0.2, 0.25) is 0 Å². The van der Waals surface area contributed by atoms with Gasteiger partial charge in [0.15, 0.2) is 0 Å². The summed E-state index contributed by atoms with van der Waals surface area (Å²) in [4.78, 5) is 0. The molecule has 1 heterocycles. The molecular weight excluding hydrogens is 138 g/mol. The largest absolute Gasteiger partial charge is 0.376 e. The van der Waals surface area contributed by atoms with Crippen molar-refractivity contribution < 1.29 is 4.74 Å². The first-order valence-corrected chi connectivity index (χ1v) is 4.42. The third-order valence-corrected chi connectivity index (χ3v) is 2.29. The smallest absolute Gasteiger partial charge is 0.0629 e. The van der Waals surface area contributed by atoms with Crippen molar-refractivity contribution >= 4 is 0 Å². The number of hydrogen-bond acceptors (Lipinski definition) is 2. The number of hydrogen-bond donors (Lipinski definition) is 1. The summed E-state index contributed by atoms with van der Waals surface area (Å²) in [5, 5.41) is 3.22. The van der Waals surface area contributed by atoms with Crippen molar-refractivity contribution in [2.45, 2.75) is 32.3 Å². The lowest BCUT2D eigenvalue weighted by Crippen LogP contribution is -2.37. The fraction of sp³-hybridized carbons (Fsp3) is 1.00. The van der Waals surface area contributed by atoms with E-state index in [-0.39, 0.29) is 5.60 Å². The van der Waals surface area contributed by atoms with Gasteiger partial charge in [-0.1, -0.05) is 0 Å². The molecule has 1 N–H and O–H groups in total. The molecule has 0 unspecified atom stereocenters. The van der Waals surface area contributed by atoms with Gasteiger partial charge >= 0.3 is 0 Å². The highest BCUT2D eigenvalue weighted by atomic mass is 16.5. The van der Waals surface area contributed by atoms with Crippen LogP contribution in [-0.2, 0) is 4.74 Å². The van der Waals surface area contributed by atoms with Crippen molar-refractivity contribution in [1.29, 1.82) is 0 Å². The van der Waals surface area contributed by atoms with Gasteiger partial charge in [-0.05, 0) is 46.2 Å². The standard InChI is InChI=1S/C9H19NO/c1-9(2)6-8(7-10-3)4-5-11-9/h8,10H,4-7H2,1-3H3/t8-/m0/s1. The monoisotopic (exact) mass is 157 g/mol. The van der Waals surface area contributed by atoms with Gasteiger partial charge in [-0.3, -0.25) is 0 Å². The maximum absolute atomic E-state index is 5.61. The van der Waals surface area contributed by atoms with Crippen molar-refractivity contribution in [3.8, 4) is 0 Å². The minimum Gasteiger partial charge on any atom is -0.376 e. The van der Waals surface area contributed by atoms with Crippen LogP contribution in [0.1, 0.15) is 26.7 Å². The molecule has 0 bridgehead atoms. The van der Waals surface area contributed by atoms with E-state index in [1.165, 1.54) is 12.8 Å². The van der Waals surface area contributed by atoms with E-state index in [4.69, 9.17) is 4.74 Å². The first kappa shape index (κ1) is 9.01. The Kier molecular flexibility index (Phi) is 2.90. The van der Waals surface area contributed by atoms with Gasteiger partial charge in [-0.25, -0.2) is 0 Å². The van der Waals surface area contributed by atoms with E-state index in [0.29, 0.717) is 0 Å². The molecule has 1 rings (SSSR count). The Balaban J connectivity index is 2.34. The maximum atomic E-state index is 5.61. The molecule has 0 amide bonds. The van der Waals surface area contributed by atoms with Crippen LogP contribution in [0.15, 0.2) is 0 Å². The van der Waals surface area contributed by atoms with Crippen LogP contribution in [0, 0.1) is 5.92 Å². The van der Waals surface area contributed by atoms with E-state index >= 15 is 0 Å². The second kappa shape index (κ2) is 3.55. The van der Waals surface area contributed by atoms with Gasteiger partial charge < -0.3 is 10.1 Å². The minimum absolute atomic E-state index is 0.111. The fourth-order valence-electron chi connectivity index (χ4n) is 1.82. The van der Waals surface area contributed by atoms with Gasteiger partial charge in [0.05, 0.1) is 5.60 Å². The number of ether oxygens (including phenoxy) is 1. The fourth-order valence-corrected chi connectivity index (χ4v) is 1.82. The van der Waals surface area contributed by atoms with Gasteiger partial charge in [0, 0.05) is 6.61 Å². The van der Waals surface area contributed by atoms with Crippen molar-refractivity contribution in [3.05, 3.63) is 0 Å². The number of rotatable bonds is 2. The third kappa shape index (κ3) is 2.80. The van der Waals surface area contributed by atoms with Crippen molar-refractivity contribution in [2.75, 3.05) is 20.2 Å². The highest BCUT2D eigenvalue weighted by Crippen LogP contribution is 2.27. The predicted octanol–water partition coefficient (Wildman–Crippen LogP) is 1.41.